The molecule has 1 aliphatic rings. The predicted molar refractivity (Wildman–Crippen MR) is 153 cm³/mol. The van der Waals surface area contributed by atoms with Crippen LogP contribution in [0.2, 0.25) is 0 Å². The average molecular weight is 541 g/mol. The van der Waals surface area contributed by atoms with E-state index in [2.05, 4.69) is 36.9 Å². The number of carbonyl (C=O) groups is 2. The summed E-state index contributed by atoms with van der Waals surface area (Å²) in [6, 6.07) is 13.6. The molecule has 0 spiro atoms. The zero-order chi connectivity index (χ0) is 27.4. The smallest absolute Gasteiger partial charge is 0.254 e. The summed E-state index contributed by atoms with van der Waals surface area (Å²) in [5.41, 5.74) is 3.46. The molecule has 0 atom stereocenters. The molecule has 0 radical (unpaired) electrons. The number of fused-ring (bicyclic) bond motifs is 1. The van der Waals surface area contributed by atoms with Gasteiger partial charge < -0.3 is 25.8 Å². The van der Waals surface area contributed by atoms with Gasteiger partial charge in [-0.15, -0.1) is 11.3 Å². The van der Waals surface area contributed by atoms with Gasteiger partial charge in [-0.25, -0.2) is 9.97 Å². The summed E-state index contributed by atoms with van der Waals surface area (Å²) in [7, 11) is 3.59. The Morgan fingerprint density at radius 1 is 1.13 bits per heavy atom. The third-order valence-electron chi connectivity index (χ3n) is 6.68. The Morgan fingerprint density at radius 3 is 2.74 bits per heavy atom. The van der Waals surface area contributed by atoms with Gasteiger partial charge in [-0.3, -0.25) is 9.59 Å². The summed E-state index contributed by atoms with van der Waals surface area (Å²) in [4.78, 5) is 37.9. The summed E-state index contributed by atoms with van der Waals surface area (Å²) in [6.45, 7) is 2.64. The highest BCUT2D eigenvalue weighted by Gasteiger charge is 2.21. The summed E-state index contributed by atoms with van der Waals surface area (Å²) in [5.74, 6) is 0.912. The van der Waals surface area contributed by atoms with E-state index in [0.717, 1.165) is 34.4 Å². The summed E-state index contributed by atoms with van der Waals surface area (Å²) < 4.78 is 1.04. The van der Waals surface area contributed by atoms with Crippen LogP contribution in [0.1, 0.15) is 27.9 Å². The lowest BCUT2D eigenvalue weighted by Gasteiger charge is -2.20. The van der Waals surface area contributed by atoms with Crippen LogP contribution in [0.15, 0.2) is 54.2 Å². The van der Waals surface area contributed by atoms with E-state index < -0.39 is 0 Å². The molecular formula is C28H28N8O2S. The summed E-state index contributed by atoms with van der Waals surface area (Å²) in [5, 5.41) is 21.4. The predicted octanol–water partition coefficient (Wildman–Crippen LogP) is 3.95. The van der Waals surface area contributed by atoms with Crippen molar-refractivity contribution >= 4 is 56.2 Å². The van der Waals surface area contributed by atoms with Gasteiger partial charge in [0, 0.05) is 67.4 Å². The lowest BCUT2D eigenvalue weighted by Crippen LogP contribution is -2.32. The highest BCUT2D eigenvalue weighted by Crippen LogP contribution is 2.30. The van der Waals surface area contributed by atoms with E-state index in [4.69, 9.17) is 0 Å². The molecule has 0 aliphatic carbocycles. The van der Waals surface area contributed by atoms with E-state index in [1.54, 1.807) is 24.2 Å². The van der Waals surface area contributed by atoms with E-state index in [1.807, 2.05) is 42.8 Å². The van der Waals surface area contributed by atoms with Gasteiger partial charge in [-0.1, -0.05) is 18.2 Å². The van der Waals surface area contributed by atoms with Crippen molar-refractivity contribution in [2.75, 3.05) is 49.3 Å². The van der Waals surface area contributed by atoms with Crippen LogP contribution in [0, 0.1) is 11.3 Å². The lowest BCUT2D eigenvalue weighted by molar-refractivity contribution is -0.118. The molecule has 1 fully saturated rings. The number of amides is 2. The first-order chi connectivity index (χ1) is 19.0. The summed E-state index contributed by atoms with van der Waals surface area (Å²) in [6.07, 6.45) is 3.68. The number of nitrogens with zero attached hydrogens (tertiary/aromatic N) is 5. The second-order valence-corrected chi connectivity index (χ2v) is 10.1. The monoisotopic (exact) mass is 540 g/mol. The largest absolute Gasteiger partial charge is 0.380 e. The minimum absolute atomic E-state index is 0.0890. The number of pyridine rings is 2. The van der Waals surface area contributed by atoms with Crippen molar-refractivity contribution in [3.05, 3.63) is 70.9 Å². The number of benzene rings is 1. The second kappa shape index (κ2) is 11.5. The molecule has 0 bridgehead atoms. The van der Waals surface area contributed by atoms with Gasteiger partial charge in [0.1, 0.15) is 17.7 Å². The molecule has 10 nitrogen and oxygen atoms in total. The molecule has 4 aromatic rings. The van der Waals surface area contributed by atoms with Gasteiger partial charge >= 0.3 is 0 Å². The van der Waals surface area contributed by atoms with Gasteiger partial charge in [0.2, 0.25) is 5.91 Å². The molecule has 3 aromatic heterocycles. The maximum atomic E-state index is 12.5. The number of nitriles is 1. The standard InChI is InChI=1S/C28H28N8O2S/c1-30-28(38)22-16-33-25(12-23(22)31-14-18-4-3-5-21-19(13-29)17-39-27(18)21)34-24-7-6-20(15-32-24)36-11-10-35(2)9-8-26(36)37/h3-7,12,15-17H,8-11,14H2,1-2H3,(H,30,38)(H2,31,32,33,34). The second-order valence-electron chi connectivity index (χ2n) is 9.23. The Balaban J connectivity index is 1.35. The third-order valence-corrected chi connectivity index (χ3v) is 7.75. The molecule has 1 aromatic carbocycles. The number of carbonyl (C=O) groups excluding carboxylic acids is 2. The molecule has 198 valence electrons. The number of nitrogens with one attached hydrogen (secondary N) is 3. The van der Waals surface area contributed by atoms with Crippen LogP contribution in [0.25, 0.3) is 10.1 Å². The Hall–Kier alpha value is -4.53. The molecule has 39 heavy (non-hydrogen) atoms. The molecule has 4 heterocycles. The van der Waals surface area contributed by atoms with Crippen LogP contribution in [-0.4, -0.2) is 60.4 Å². The van der Waals surface area contributed by atoms with Crippen LogP contribution in [0.4, 0.5) is 23.0 Å². The minimum Gasteiger partial charge on any atom is -0.380 e. The number of hydrogen-bond donors (Lipinski definition) is 3. The minimum atomic E-state index is -0.257. The molecule has 1 saturated heterocycles. The molecular weight excluding hydrogens is 512 g/mol. The number of thiophene rings is 1. The number of rotatable bonds is 7. The SMILES string of the molecule is CNC(=O)c1cnc(Nc2ccc(N3CCN(C)CCC3=O)cn2)cc1NCc1cccc2c(C#N)csc12. The van der Waals surface area contributed by atoms with Crippen LogP contribution in [0.5, 0.6) is 0 Å². The van der Waals surface area contributed by atoms with Gasteiger partial charge in [-0.05, 0) is 24.7 Å². The van der Waals surface area contributed by atoms with Crippen molar-refractivity contribution in [1.82, 2.24) is 20.2 Å². The van der Waals surface area contributed by atoms with Crippen LogP contribution < -0.4 is 20.9 Å². The lowest BCUT2D eigenvalue weighted by atomic mass is 10.1. The van der Waals surface area contributed by atoms with Crippen molar-refractivity contribution in [3.8, 4) is 6.07 Å². The Morgan fingerprint density at radius 2 is 1.97 bits per heavy atom. The fourth-order valence-electron chi connectivity index (χ4n) is 4.47. The molecule has 11 heteroatoms. The fraction of sp³-hybridized carbons (Fsp3) is 0.250. The average Bonchev–Trinajstić information content (AvgIpc) is 3.31. The Labute approximate surface area is 230 Å². The molecule has 1 aliphatic heterocycles. The highest BCUT2D eigenvalue weighted by molar-refractivity contribution is 7.17. The van der Waals surface area contributed by atoms with Crippen molar-refractivity contribution in [2.45, 2.75) is 13.0 Å². The van der Waals surface area contributed by atoms with Crippen LogP contribution in [-0.2, 0) is 11.3 Å². The Bertz CT molecular complexity index is 1560. The van der Waals surface area contributed by atoms with Crippen molar-refractivity contribution in [3.63, 3.8) is 0 Å². The maximum absolute atomic E-state index is 12.5. The third kappa shape index (κ3) is 5.67. The quantitative estimate of drug-likeness (QED) is 0.322. The molecule has 0 unspecified atom stereocenters. The van der Waals surface area contributed by atoms with E-state index in [0.29, 0.717) is 48.0 Å². The van der Waals surface area contributed by atoms with Crippen molar-refractivity contribution < 1.29 is 9.59 Å². The number of anilines is 4. The van der Waals surface area contributed by atoms with E-state index in [1.165, 1.54) is 17.5 Å². The molecule has 5 rings (SSSR count). The van der Waals surface area contributed by atoms with E-state index in [9.17, 15) is 14.9 Å². The highest BCUT2D eigenvalue weighted by atomic mass is 32.1. The zero-order valence-electron chi connectivity index (χ0n) is 21.7. The van der Waals surface area contributed by atoms with Crippen LogP contribution >= 0.6 is 11.3 Å². The summed E-state index contributed by atoms with van der Waals surface area (Å²) >= 11 is 1.53. The number of likely N-dealkylation sites (N-methyl/N-ethyl adjacent to an activating group) is 1. The first kappa shape index (κ1) is 26.1. The van der Waals surface area contributed by atoms with Gasteiger partial charge in [0.05, 0.1) is 28.7 Å². The molecule has 3 N–H and O–H groups in total. The topological polar surface area (TPSA) is 126 Å². The van der Waals surface area contributed by atoms with Crippen molar-refractivity contribution in [1.29, 1.82) is 5.26 Å². The Kier molecular flexibility index (Phi) is 7.67. The molecule has 2 amide bonds. The first-order valence-corrected chi connectivity index (χ1v) is 13.4. The van der Waals surface area contributed by atoms with E-state index >= 15 is 0 Å². The fourth-order valence-corrected chi connectivity index (χ4v) is 5.48. The van der Waals surface area contributed by atoms with Gasteiger partial charge in [0.15, 0.2) is 0 Å². The number of aromatic nitrogens is 2. The van der Waals surface area contributed by atoms with Crippen molar-refractivity contribution in [2.24, 2.45) is 0 Å². The molecule has 0 saturated carbocycles. The van der Waals surface area contributed by atoms with Crippen LogP contribution in [0.3, 0.4) is 0 Å². The first-order valence-electron chi connectivity index (χ1n) is 12.5. The number of hydrogen-bond acceptors (Lipinski definition) is 9. The maximum Gasteiger partial charge on any atom is 0.254 e. The van der Waals surface area contributed by atoms with E-state index in [-0.39, 0.29) is 11.8 Å². The van der Waals surface area contributed by atoms with Gasteiger partial charge in [0.25, 0.3) is 5.91 Å². The normalized spacial score (nSPS) is 14.1. The zero-order valence-corrected chi connectivity index (χ0v) is 22.5. The van der Waals surface area contributed by atoms with Gasteiger partial charge in [-0.2, -0.15) is 5.26 Å².